The van der Waals surface area contributed by atoms with Gasteiger partial charge in [0.25, 0.3) is 0 Å². The fourth-order valence-electron chi connectivity index (χ4n) is 1.96. The van der Waals surface area contributed by atoms with Crippen LogP contribution in [0.3, 0.4) is 0 Å². The molecule has 1 unspecified atom stereocenters. The molecule has 2 aromatic carbocycles. The average Bonchev–Trinajstić information content (AvgIpc) is 2.54. The van der Waals surface area contributed by atoms with E-state index in [1.165, 1.54) is 19.1 Å². The molecule has 2 aromatic rings. The van der Waals surface area contributed by atoms with Crippen LogP contribution in [0.1, 0.15) is 12.5 Å². The van der Waals surface area contributed by atoms with E-state index in [-0.39, 0.29) is 10.6 Å². The number of nitrogens with one attached hydrogen (secondary N) is 2. The van der Waals surface area contributed by atoms with Gasteiger partial charge in [-0.1, -0.05) is 15.9 Å². The van der Waals surface area contributed by atoms with Gasteiger partial charge in [-0.05, 0) is 55.5 Å². The number of benzene rings is 2. The highest BCUT2D eigenvalue weighted by atomic mass is 79.9. The van der Waals surface area contributed by atoms with E-state index in [4.69, 9.17) is 0 Å². The zero-order valence-electron chi connectivity index (χ0n) is 13.3. The van der Waals surface area contributed by atoms with E-state index >= 15 is 0 Å². The Hall–Kier alpha value is -1.91. The van der Waals surface area contributed by atoms with Crippen molar-refractivity contribution in [2.45, 2.75) is 24.0 Å². The summed E-state index contributed by atoms with van der Waals surface area (Å²) < 4.78 is 64.9. The zero-order chi connectivity index (χ0) is 19.5. The minimum atomic E-state index is -4.48. The lowest BCUT2D eigenvalue weighted by atomic mass is 10.2. The van der Waals surface area contributed by atoms with Crippen LogP contribution in [-0.2, 0) is 21.0 Å². The molecular formula is C16H14BrF3N2O3S. The van der Waals surface area contributed by atoms with Crippen molar-refractivity contribution in [3.8, 4) is 0 Å². The topological polar surface area (TPSA) is 75.3 Å². The number of hydrogen-bond acceptors (Lipinski definition) is 3. The molecule has 5 nitrogen and oxygen atoms in total. The number of anilines is 1. The summed E-state index contributed by atoms with van der Waals surface area (Å²) in [5.41, 5.74) is -0.725. The summed E-state index contributed by atoms with van der Waals surface area (Å²) in [5.74, 6) is -0.703. The molecule has 26 heavy (non-hydrogen) atoms. The lowest BCUT2D eigenvalue weighted by Crippen LogP contribution is -2.41. The molecule has 0 heterocycles. The highest BCUT2D eigenvalue weighted by Crippen LogP contribution is 2.29. The molecule has 0 aliphatic rings. The van der Waals surface area contributed by atoms with Crippen molar-refractivity contribution >= 4 is 37.5 Å². The van der Waals surface area contributed by atoms with Crippen LogP contribution in [0.5, 0.6) is 0 Å². The van der Waals surface area contributed by atoms with Crippen LogP contribution >= 0.6 is 15.9 Å². The van der Waals surface area contributed by atoms with Crippen LogP contribution in [0.4, 0.5) is 18.9 Å². The number of carbonyl (C=O) groups excluding carboxylic acids is 1. The number of alkyl halides is 3. The Labute approximate surface area is 156 Å². The summed E-state index contributed by atoms with van der Waals surface area (Å²) in [5, 5.41) is 2.36. The largest absolute Gasteiger partial charge is 0.416 e. The standard InChI is InChI=1S/C16H14BrF3N2O3S/c1-10(22-26(24,25)14-8-4-12(17)5-9-14)15(23)21-13-6-2-11(3-7-13)16(18,19)20/h2-10,22H,1H3,(H,21,23). The molecule has 2 N–H and O–H groups in total. The van der Waals surface area contributed by atoms with Crippen LogP contribution in [0, 0.1) is 0 Å². The van der Waals surface area contributed by atoms with Gasteiger partial charge in [0.1, 0.15) is 0 Å². The van der Waals surface area contributed by atoms with Crippen molar-refractivity contribution in [2.75, 3.05) is 5.32 Å². The molecule has 1 atom stereocenters. The maximum atomic E-state index is 12.5. The lowest BCUT2D eigenvalue weighted by Gasteiger charge is -2.15. The van der Waals surface area contributed by atoms with E-state index in [9.17, 15) is 26.4 Å². The highest BCUT2D eigenvalue weighted by molar-refractivity contribution is 9.10. The SMILES string of the molecule is CC(NS(=O)(=O)c1ccc(Br)cc1)C(=O)Nc1ccc(C(F)(F)F)cc1. The van der Waals surface area contributed by atoms with Gasteiger partial charge in [0, 0.05) is 10.2 Å². The zero-order valence-corrected chi connectivity index (χ0v) is 15.7. The molecule has 1 amide bonds. The predicted octanol–water partition coefficient (Wildman–Crippen LogP) is 3.77. The van der Waals surface area contributed by atoms with E-state index in [1.54, 1.807) is 12.1 Å². The molecule has 2 rings (SSSR count). The average molecular weight is 451 g/mol. The van der Waals surface area contributed by atoms with Gasteiger partial charge in [0.2, 0.25) is 15.9 Å². The minimum Gasteiger partial charge on any atom is -0.325 e. The van der Waals surface area contributed by atoms with Gasteiger partial charge in [-0.15, -0.1) is 0 Å². The number of sulfonamides is 1. The first-order valence-electron chi connectivity index (χ1n) is 7.25. The molecule has 10 heteroatoms. The third-order valence-corrected chi connectivity index (χ3v) is 5.41. The second kappa shape index (κ2) is 7.77. The van der Waals surface area contributed by atoms with Crippen molar-refractivity contribution in [1.82, 2.24) is 4.72 Å². The first-order chi connectivity index (χ1) is 12.0. The van der Waals surface area contributed by atoms with Crippen molar-refractivity contribution in [1.29, 1.82) is 0 Å². The monoisotopic (exact) mass is 450 g/mol. The minimum absolute atomic E-state index is 0.0186. The maximum absolute atomic E-state index is 12.5. The number of halogens is 4. The molecule has 0 radical (unpaired) electrons. The quantitative estimate of drug-likeness (QED) is 0.727. The summed E-state index contributed by atoms with van der Waals surface area (Å²) in [6.07, 6.45) is -4.48. The summed E-state index contributed by atoms with van der Waals surface area (Å²) in [6, 6.07) is 8.53. The third kappa shape index (κ3) is 5.29. The highest BCUT2D eigenvalue weighted by Gasteiger charge is 2.30. The number of carbonyl (C=O) groups is 1. The molecule has 0 saturated carbocycles. The van der Waals surface area contributed by atoms with Crippen LogP contribution < -0.4 is 10.0 Å². The molecule has 0 spiro atoms. The molecule has 0 aromatic heterocycles. The van der Waals surface area contributed by atoms with Gasteiger partial charge in [0.15, 0.2) is 0 Å². The fourth-order valence-corrected chi connectivity index (χ4v) is 3.43. The number of amides is 1. The van der Waals surface area contributed by atoms with E-state index in [0.29, 0.717) is 4.47 Å². The van der Waals surface area contributed by atoms with Crippen LogP contribution in [0.15, 0.2) is 57.9 Å². The van der Waals surface area contributed by atoms with E-state index in [1.807, 2.05) is 0 Å². The first kappa shape index (κ1) is 20.4. The smallest absolute Gasteiger partial charge is 0.325 e. The van der Waals surface area contributed by atoms with Crippen molar-refractivity contribution in [3.63, 3.8) is 0 Å². The summed E-state index contributed by atoms with van der Waals surface area (Å²) in [4.78, 5) is 12.1. The molecule has 0 saturated heterocycles. The van der Waals surface area contributed by atoms with Crippen molar-refractivity contribution < 1.29 is 26.4 Å². The van der Waals surface area contributed by atoms with Crippen LogP contribution in [0.2, 0.25) is 0 Å². The summed E-state index contributed by atoms with van der Waals surface area (Å²) in [6.45, 7) is 1.33. The maximum Gasteiger partial charge on any atom is 0.416 e. The van der Waals surface area contributed by atoms with Gasteiger partial charge in [-0.3, -0.25) is 4.79 Å². The molecular weight excluding hydrogens is 437 g/mol. The molecule has 0 aliphatic carbocycles. The Kier molecular flexibility index (Phi) is 6.09. The van der Waals surface area contributed by atoms with E-state index < -0.39 is 33.7 Å². The normalized spacial score (nSPS) is 13.3. The van der Waals surface area contributed by atoms with Crippen LogP contribution in [-0.4, -0.2) is 20.4 Å². The first-order valence-corrected chi connectivity index (χ1v) is 9.53. The second-order valence-corrected chi connectivity index (χ2v) is 7.99. The van der Waals surface area contributed by atoms with Crippen molar-refractivity contribution in [3.05, 3.63) is 58.6 Å². The Morgan fingerprint density at radius 2 is 1.58 bits per heavy atom. The molecule has 0 bridgehead atoms. The lowest BCUT2D eigenvalue weighted by molar-refractivity contribution is -0.137. The third-order valence-electron chi connectivity index (χ3n) is 3.33. The van der Waals surface area contributed by atoms with E-state index in [2.05, 4.69) is 26.0 Å². The van der Waals surface area contributed by atoms with Gasteiger partial charge in [0.05, 0.1) is 16.5 Å². The fraction of sp³-hybridized carbons (Fsp3) is 0.188. The summed E-state index contributed by atoms with van der Waals surface area (Å²) >= 11 is 3.19. The molecule has 0 aliphatic heterocycles. The van der Waals surface area contributed by atoms with Gasteiger partial charge < -0.3 is 5.32 Å². The predicted molar refractivity (Wildman–Crippen MR) is 94.0 cm³/mol. The van der Waals surface area contributed by atoms with Gasteiger partial charge >= 0.3 is 6.18 Å². The van der Waals surface area contributed by atoms with Gasteiger partial charge in [-0.25, -0.2) is 8.42 Å². The molecule has 140 valence electrons. The molecule has 0 fully saturated rings. The Morgan fingerprint density at radius 1 is 1.04 bits per heavy atom. The van der Waals surface area contributed by atoms with Crippen molar-refractivity contribution in [2.24, 2.45) is 0 Å². The van der Waals surface area contributed by atoms with Gasteiger partial charge in [-0.2, -0.15) is 17.9 Å². The Bertz CT molecular complexity index is 882. The number of rotatable bonds is 5. The summed E-state index contributed by atoms with van der Waals surface area (Å²) in [7, 11) is -3.92. The number of hydrogen-bond donors (Lipinski definition) is 2. The Balaban J connectivity index is 2.04. The second-order valence-electron chi connectivity index (χ2n) is 5.36. The van der Waals surface area contributed by atoms with E-state index in [0.717, 1.165) is 24.3 Å². The Morgan fingerprint density at radius 3 is 2.08 bits per heavy atom. The van der Waals surface area contributed by atoms with Crippen LogP contribution in [0.25, 0.3) is 0 Å².